The summed E-state index contributed by atoms with van der Waals surface area (Å²) in [5.74, 6) is 1.92. The van der Waals surface area contributed by atoms with E-state index >= 15 is 0 Å². The molecule has 0 aliphatic carbocycles. The Morgan fingerprint density at radius 2 is 1.72 bits per heavy atom. The van der Waals surface area contributed by atoms with E-state index in [4.69, 9.17) is 14.2 Å². The van der Waals surface area contributed by atoms with Crippen LogP contribution in [-0.2, 0) is 11.2 Å². The van der Waals surface area contributed by atoms with E-state index < -0.39 is 6.10 Å². The van der Waals surface area contributed by atoms with Gasteiger partial charge >= 0.3 is 0 Å². The topological polar surface area (TPSA) is 56.8 Å². The zero-order chi connectivity index (χ0) is 18.2. The van der Waals surface area contributed by atoms with Crippen LogP contribution in [0, 0.1) is 6.92 Å². The molecule has 0 saturated heterocycles. The summed E-state index contributed by atoms with van der Waals surface area (Å²) in [7, 11) is 3.21. The first kappa shape index (κ1) is 18.6. The number of benzene rings is 2. The number of amides is 1. The molecule has 0 spiro atoms. The monoisotopic (exact) mass is 343 g/mol. The lowest BCUT2D eigenvalue weighted by Crippen LogP contribution is -2.37. The minimum atomic E-state index is -0.548. The third-order valence-electron chi connectivity index (χ3n) is 3.86. The molecule has 1 amide bonds. The van der Waals surface area contributed by atoms with Crippen molar-refractivity contribution in [3.63, 3.8) is 0 Å². The first-order valence-electron chi connectivity index (χ1n) is 8.25. The van der Waals surface area contributed by atoms with Crippen LogP contribution >= 0.6 is 0 Å². The van der Waals surface area contributed by atoms with E-state index in [1.807, 2.05) is 49.4 Å². The molecule has 25 heavy (non-hydrogen) atoms. The van der Waals surface area contributed by atoms with E-state index in [1.165, 1.54) is 0 Å². The van der Waals surface area contributed by atoms with Gasteiger partial charge in [0.25, 0.3) is 5.91 Å². The van der Waals surface area contributed by atoms with Crippen LogP contribution in [0.3, 0.4) is 0 Å². The molecule has 0 aliphatic heterocycles. The van der Waals surface area contributed by atoms with Gasteiger partial charge in [-0.25, -0.2) is 0 Å². The van der Waals surface area contributed by atoms with Gasteiger partial charge in [0.2, 0.25) is 0 Å². The van der Waals surface area contributed by atoms with Crippen molar-refractivity contribution >= 4 is 5.91 Å². The van der Waals surface area contributed by atoms with E-state index in [2.05, 4.69) is 5.32 Å². The lowest BCUT2D eigenvalue weighted by molar-refractivity contribution is -0.127. The SMILES string of the molecule is COc1ccc(CCNC(=O)[C@H](C)Oc2ccc(C)cc2)cc1OC. The summed E-state index contributed by atoms with van der Waals surface area (Å²) in [5, 5.41) is 2.89. The molecule has 0 fully saturated rings. The third-order valence-corrected chi connectivity index (χ3v) is 3.86. The second kappa shape index (κ2) is 8.97. The lowest BCUT2D eigenvalue weighted by atomic mass is 10.1. The Morgan fingerprint density at radius 1 is 1.04 bits per heavy atom. The largest absolute Gasteiger partial charge is 0.493 e. The molecule has 5 heteroatoms. The fraction of sp³-hybridized carbons (Fsp3) is 0.350. The van der Waals surface area contributed by atoms with Crippen LogP contribution in [0.5, 0.6) is 17.2 Å². The second-order valence-electron chi connectivity index (χ2n) is 5.80. The van der Waals surface area contributed by atoms with Crippen LogP contribution in [0.1, 0.15) is 18.1 Å². The van der Waals surface area contributed by atoms with Crippen molar-refractivity contribution in [2.75, 3.05) is 20.8 Å². The zero-order valence-electron chi connectivity index (χ0n) is 15.2. The summed E-state index contributed by atoms with van der Waals surface area (Å²) < 4.78 is 16.2. The Labute approximate surface area is 148 Å². The van der Waals surface area contributed by atoms with Gasteiger partial charge in [0.1, 0.15) is 5.75 Å². The van der Waals surface area contributed by atoms with Crippen LogP contribution < -0.4 is 19.5 Å². The van der Waals surface area contributed by atoms with E-state index in [1.54, 1.807) is 21.1 Å². The van der Waals surface area contributed by atoms with Crippen molar-refractivity contribution in [3.05, 3.63) is 53.6 Å². The highest BCUT2D eigenvalue weighted by Gasteiger charge is 2.14. The Morgan fingerprint density at radius 3 is 2.36 bits per heavy atom. The summed E-state index contributed by atoms with van der Waals surface area (Å²) in [4.78, 5) is 12.1. The molecule has 0 aliphatic rings. The van der Waals surface area contributed by atoms with E-state index in [0.717, 1.165) is 11.1 Å². The molecule has 2 aromatic carbocycles. The van der Waals surface area contributed by atoms with Crippen molar-refractivity contribution in [1.82, 2.24) is 5.32 Å². The molecule has 1 atom stereocenters. The van der Waals surface area contributed by atoms with E-state index in [-0.39, 0.29) is 5.91 Å². The van der Waals surface area contributed by atoms with Gasteiger partial charge in [0, 0.05) is 6.54 Å². The quantitative estimate of drug-likeness (QED) is 0.800. The Balaban J connectivity index is 1.82. The van der Waals surface area contributed by atoms with Gasteiger partial charge in [-0.15, -0.1) is 0 Å². The summed E-state index contributed by atoms with van der Waals surface area (Å²) in [5.41, 5.74) is 2.21. The van der Waals surface area contributed by atoms with Gasteiger partial charge in [-0.3, -0.25) is 4.79 Å². The van der Waals surface area contributed by atoms with E-state index in [9.17, 15) is 4.79 Å². The summed E-state index contributed by atoms with van der Waals surface area (Å²) in [6.07, 6.45) is 0.150. The van der Waals surface area contributed by atoms with Crippen molar-refractivity contribution in [2.45, 2.75) is 26.4 Å². The highest BCUT2D eigenvalue weighted by atomic mass is 16.5. The molecule has 0 heterocycles. The third kappa shape index (κ3) is 5.41. The maximum atomic E-state index is 12.1. The minimum Gasteiger partial charge on any atom is -0.493 e. The normalized spacial score (nSPS) is 11.5. The molecule has 2 aromatic rings. The van der Waals surface area contributed by atoms with Crippen molar-refractivity contribution in [2.24, 2.45) is 0 Å². The highest BCUT2D eigenvalue weighted by molar-refractivity contribution is 5.80. The first-order chi connectivity index (χ1) is 12.0. The number of aryl methyl sites for hydroxylation is 1. The van der Waals surface area contributed by atoms with E-state index in [0.29, 0.717) is 30.2 Å². The summed E-state index contributed by atoms with van der Waals surface area (Å²) >= 11 is 0. The van der Waals surface area contributed by atoms with Gasteiger partial charge in [-0.2, -0.15) is 0 Å². The van der Waals surface area contributed by atoms with Crippen LogP contribution in [0.4, 0.5) is 0 Å². The number of rotatable bonds is 8. The molecule has 5 nitrogen and oxygen atoms in total. The number of methoxy groups -OCH3 is 2. The molecule has 2 rings (SSSR count). The van der Waals surface area contributed by atoms with Crippen molar-refractivity contribution in [3.8, 4) is 17.2 Å². The summed E-state index contributed by atoms with van der Waals surface area (Å²) in [6.45, 7) is 4.27. The lowest BCUT2D eigenvalue weighted by Gasteiger charge is -2.15. The fourth-order valence-corrected chi connectivity index (χ4v) is 2.38. The molecular weight excluding hydrogens is 318 g/mol. The number of ether oxygens (including phenoxy) is 3. The smallest absolute Gasteiger partial charge is 0.260 e. The molecule has 0 unspecified atom stereocenters. The van der Waals surface area contributed by atoms with Crippen molar-refractivity contribution in [1.29, 1.82) is 0 Å². The molecule has 134 valence electrons. The van der Waals surface area contributed by atoms with Gasteiger partial charge in [0.15, 0.2) is 17.6 Å². The van der Waals surface area contributed by atoms with Gasteiger partial charge in [-0.1, -0.05) is 23.8 Å². The Hall–Kier alpha value is -2.69. The highest BCUT2D eigenvalue weighted by Crippen LogP contribution is 2.27. The standard InChI is InChI=1S/C20H25NO4/c1-14-5-8-17(9-6-14)25-15(2)20(22)21-12-11-16-7-10-18(23-3)19(13-16)24-4/h5-10,13,15H,11-12H2,1-4H3,(H,21,22)/t15-/m0/s1. The second-order valence-corrected chi connectivity index (χ2v) is 5.80. The zero-order valence-corrected chi connectivity index (χ0v) is 15.2. The average Bonchev–Trinajstić information content (AvgIpc) is 2.63. The fourth-order valence-electron chi connectivity index (χ4n) is 2.38. The van der Waals surface area contributed by atoms with Crippen molar-refractivity contribution < 1.29 is 19.0 Å². The molecular formula is C20H25NO4. The Kier molecular flexibility index (Phi) is 6.69. The van der Waals surface area contributed by atoms with Crippen LogP contribution in [0.2, 0.25) is 0 Å². The van der Waals surface area contributed by atoms with Gasteiger partial charge < -0.3 is 19.5 Å². The number of nitrogens with one attached hydrogen (secondary N) is 1. The number of carbonyl (C=O) groups is 1. The predicted molar refractivity (Wildman–Crippen MR) is 97.5 cm³/mol. The predicted octanol–water partition coefficient (Wildman–Crippen LogP) is 3.14. The number of hydrogen-bond donors (Lipinski definition) is 1. The molecule has 0 aromatic heterocycles. The van der Waals surface area contributed by atoms with Crippen LogP contribution in [0.25, 0.3) is 0 Å². The Bertz CT molecular complexity index is 697. The average molecular weight is 343 g/mol. The maximum absolute atomic E-state index is 12.1. The summed E-state index contributed by atoms with van der Waals surface area (Å²) in [6, 6.07) is 13.4. The van der Waals surface area contributed by atoms with Crippen LogP contribution in [0.15, 0.2) is 42.5 Å². The molecule has 1 N–H and O–H groups in total. The van der Waals surface area contributed by atoms with Crippen LogP contribution in [-0.4, -0.2) is 32.8 Å². The minimum absolute atomic E-state index is 0.138. The molecule has 0 radical (unpaired) electrons. The number of carbonyl (C=O) groups excluding carboxylic acids is 1. The van der Waals surface area contributed by atoms with Gasteiger partial charge in [0.05, 0.1) is 14.2 Å². The number of hydrogen-bond acceptors (Lipinski definition) is 4. The molecule has 0 bridgehead atoms. The first-order valence-corrected chi connectivity index (χ1v) is 8.25. The maximum Gasteiger partial charge on any atom is 0.260 e. The van der Waals surface area contributed by atoms with Gasteiger partial charge in [-0.05, 0) is 50.1 Å². The molecule has 0 saturated carbocycles.